The number of rotatable bonds is 5. The van der Waals surface area contributed by atoms with Crippen molar-refractivity contribution < 1.29 is 14.2 Å². The molecule has 3 aromatic rings. The second-order valence-corrected chi connectivity index (χ2v) is 8.00. The van der Waals surface area contributed by atoms with Gasteiger partial charge in [0, 0.05) is 31.6 Å². The Morgan fingerprint density at radius 1 is 1.41 bits per heavy atom. The lowest BCUT2D eigenvalue weighted by Gasteiger charge is -2.12. The van der Waals surface area contributed by atoms with Crippen LogP contribution in [0.3, 0.4) is 0 Å². The molecule has 144 valence electrons. The van der Waals surface area contributed by atoms with E-state index in [0.717, 1.165) is 21.9 Å². The Balaban J connectivity index is 1.53. The van der Waals surface area contributed by atoms with Crippen molar-refractivity contribution in [3.8, 4) is 17.2 Å². The van der Waals surface area contributed by atoms with Crippen LogP contribution in [-0.2, 0) is 0 Å². The van der Waals surface area contributed by atoms with Gasteiger partial charge >= 0.3 is 0 Å². The molecule has 27 heavy (non-hydrogen) atoms. The molecule has 0 aliphatic carbocycles. The zero-order valence-electron chi connectivity index (χ0n) is 15.4. The number of phenols is 1. The average Bonchev–Trinajstić information content (AvgIpc) is 3.25. The first-order valence-electron chi connectivity index (χ1n) is 8.75. The number of aromatic nitrogens is 3. The summed E-state index contributed by atoms with van der Waals surface area (Å²) in [6.45, 7) is 3.68. The molecule has 9 heteroatoms. The summed E-state index contributed by atoms with van der Waals surface area (Å²) in [5.74, 6) is 0.667. The van der Waals surface area contributed by atoms with E-state index in [9.17, 15) is 9.50 Å². The Morgan fingerprint density at radius 2 is 2.22 bits per heavy atom. The van der Waals surface area contributed by atoms with Crippen LogP contribution in [0, 0.1) is 12.8 Å². The van der Waals surface area contributed by atoms with E-state index < -0.39 is 6.17 Å². The number of methoxy groups -OCH3 is 1. The number of fused-ring (bicyclic) bond motifs is 1. The normalized spacial score (nSPS) is 20.4. The maximum Gasteiger partial charge on any atom is 0.194 e. The van der Waals surface area contributed by atoms with Crippen molar-refractivity contribution in [2.45, 2.75) is 13.1 Å². The number of ether oxygens (including phenoxy) is 1. The highest BCUT2D eigenvalue weighted by Gasteiger charge is 2.30. The number of aromatic hydroxyl groups is 1. The largest absolute Gasteiger partial charge is 0.506 e. The molecule has 0 amide bonds. The molecule has 2 atom stereocenters. The Hall–Kier alpha value is -2.39. The Morgan fingerprint density at radius 3 is 2.85 bits per heavy atom. The number of anilines is 1. The van der Waals surface area contributed by atoms with Crippen LogP contribution >= 0.6 is 11.3 Å². The zero-order chi connectivity index (χ0) is 19.1. The minimum Gasteiger partial charge on any atom is -0.506 e. The molecule has 0 bridgehead atoms. The number of nitrogens with one attached hydrogen (secondary N) is 1. The van der Waals surface area contributed by atoms with Gasteiger partial charge in [0.2, 0.25) is 0 Å². The van der Waals surface area contributed by atoms with Crippen LogP contribution in [0.1, 0.15) is 5.56 Å². The molecule has 0 spiro atoms. The Bertz CT molecular complexity index is 917. The van der Waals surface area contributed by atoms with Gasteiger partial charge in [0.25, 0.3) is 0 Å². The molecule has 1 saturated heterocycles. The summed E-state index contributed by atoms with van der Waals surface area (Å²) in [6, 6.07) is 3.40. The maximum absolute atomic E-state index is 13.9. The van der Waals surface area contributed by atoms with Crippen LogP contribution in [0.4, 0.5) is 9.52 Å². The molecule has 1 aliphatic heterocycles. The van der Waals surface area contributed by atoms with Gasteiger partial charge in [-0.05, 0) is 25.6 Å². The summed E-state index contributed by atoms with van der Waals surface area (Å²) < 4.78 is 21.6. The first-order chi connectivity index (χ1) is 12.9. The topological polar surface area (TPSA) is 75.4 Å². The van der Waals surface area contributed by atoms with Crippen molar-refractivity contribution in [1.29, 1.82) is 0 Å². The monoisotopic (exact) mass is 391 g/mol. The Labute approximate surface area is 160 Å². The lowest BCUT2D eigenvalue weighted by Crippen LogP contribution is -2.22. The van der Waals surface area contributed by atoms with Crippen LogP contribution in [0.15, 0.2) is 18.3 Å². The number of likely N-dealkylation sites (tertiary alicyclic amines) is 1. The summed E-state index contributed by atoms with van der Waals surface area (Å²) in [5.41, 5.74) is 2.04. The number of phenolic OH excluding ortho intramolecular Hbond substituents is 1. The first kappa shape index (κ1) is 18.0. The predicted octanol–water partition coefficient (Wildman–Crippen LogP) is 2.82. The second-order valence-electron chi connectivity index (χ2n) is 6.97. The van der Waals surface area contributed by atoms with Crippen molar-refractivity contribution in [1.82, 2.24) is 19.7 Å². The maximum atomic E-state index is 13.9. The minimum absolute atomic E-state index is 0.0231. The van der Waals surface area contributed by atoms with Crippen molar-refractivity contribution >= 4 is 26.8 Å². The molecule has 0 unspecified atom stereocenters. The fourth-order valence-corrected chi connectivity index (χ4v) is 4.33. The van der Waals surface area contributed by atoms with Crippen molar-refractivity contribution in [3.05, 3.63) is 23.9 Å². The van der Waals surface area contributed by atoms with Crippen LogP contribution in [0.25, 0.3) is 16.0 Å². The molecule has 1 aliphatic rings. The standard InChI is InChI=1S/C18H22FN5O2S/c1-10-4-12(26-3)5-14(25)16(10)24-9-15-17(22-24)21-18(27-15)20-6-11-7-23(2)8-13(11)19/h4-5,9,11,13,25H,6-8H2,1-3H3,(H,20,21,22)/t11-,13-/m1/s1. The third kappa shape index (κ3) is 3.44. The Kier molecular flexibility index (Phi) is 4.65. The lowest BCUT2D eigenvalue weighted by atomic mass is 10.1. The summed E-state index contributed by atoms with van der Waals surface area (Å²) in [7, 11) is 3.49. The van der Waals surface area contributed by atoms with Crippen LogP contribution in [-0.4, -0.2) is 64.7 Å². The van der Waals surface area contributed by atoms with Gasteiger partial charge in [-0.15, -0.1) is 5.10 Å². The van der Waals surface area contributed by atoms with E-state index in [1.165, 1.54) is 11.3 Å². The summed E-state index contributed by atoms with van der Waals surface area (Å²) >= 11 is 1.47. The molecular weight excluding hydrogens is 369 g/mol. The molecule has 3 heterocycles. The van der Waals surface area contributed by atoms with Crippen LogP contribution in [0.5, 0.6) is 11.5 Å². The zero-order valence-corrected chi connectivity index (χ0v) is 16.3. The van der Waals surface area contributed by atoms with Gasteiger partial charge in [0.15, 0.2) is 10.8 Å². The molecule has 2 N–H and O–H groups in total. The van der Waals surface area contributed by atoms with E-state index in [1.807, 2.05) is 31.1 Å². The van der Waals surface area contributed by atoms with E-state index in [-0.39, 0.29) is 11.7 Å². The predicted molar refractivity (Wildman–Crippen MR) is 104 cm³/mol. The van der Waals surface area contributed by atoms with Gasteiger partial charge in [-0.2, -0.15) is 4.98 Å². The second kappa shape index (κ2) is 6.97. The van der Waals surface area contributed by atoms with E-state index >= 15 is 0 Å². The van der Waals surface area contributed by atoms with Gasteiger partial charge in [-0.1, -0.05) is 11.3 Å². The average molecular weight is 391 g/mol. The quantitative estimate of drug-likeness (QED) is 0.697. The number of halogens is 1. The summed E-state index contributed by atoms with van der Waals surface area (Å²) in [6.07, 6.45) is 1.04. The van der Waals surface area contributed by atoms with Gasteiger partial charge in [-0.25, -0.2) is 9.07 Å². The highest BCUT2D eigenvalue weighted by atomic mass is 32.1. The molecule has 0 radical (unpaired) electrons. The van der Waals surface area contributed by atoms with Gasteiger partial charge in [0.1, 0.15) is 23.4 Å². The van der Waals surface area contributed by atoms with Crippen molar-refractivity contribution in [2.75, 3.05) is 39.1 Å². The fourth-order valence-electron chi connectivity index (χ4n) is 3.50. The fraction of sp³-hybridized carbons (Fsp3) is 0.444. The number of hydrogen-bond acceptors (Lipinski definition) is 7. The highest BCUT2D eigenvalue weighted by Crippen LogP contribution is 2.33. The number of benzene rings is 1. The van der Waals surface area contributed by atoms with Crippen molar-refractivity contribution in [2.24, 2.45) is 5.92 Å². The number of aryl methyl sites for hydroxylation is 1. The first-order valence-corrected chi connectivity index (χ1v) is 9.57. The molecular formula is C18H22FN5O2S. The van der Waals surface area contributed by atoms with Gasteiger partial charge in [-0.3, -0.25) is 0 Å². The molecule has 0 saturated carbocycles. The number of thiazole rings is 1. The molecule has 4 rings (SSSR count). The highest BCUT2D eigenvalue weighted by molar-refractivity contribution is 7.22. The van der Waals surface area contributed by atoms with Crippen LogP contribution in [0.2, 0.25) is 0 Å². The van der Waals surface area contributed by atoms with E-state index in [0.29, 0.717) is 30.2 Å². The smallest absolute Gasteiger partial charge is 0.194 e. The molecule has 1 aromatic carbocycles. The molecule has 1 fully saturated rings. The number of alkyl halides is 1. The van der Waals surface area contributed by atoms with E-state index in [2.05, 4.69) is 15.4 Å². The SMILES string of the molecule is COc1cc(C)c(-n2cc3sc(NC[C@@H]4CN(C)C[C@H]4F)nc3n2)c(O)c1. The molecule has 7 nitrogen and oxygen atoms in total. The van der Waals surface area contributed by atoms with Gasteiger partial charge in [0.05, 0.1) is 18.0 Å². The van der Waals surface area contributed by atoms with E-state index in [4.69, 9.17) is 4.74 Å². The van der Waals surface area contributed by atoms with Gasteiger partial charge < -0.3 is 20.1 Å². The number of nitrogens with zero attached hydrogens (tertiary/aromatic N) is 4. The number of hydrogen-bond donors (Lipinski definition) is 2. The third-order valence-corrected chi connectivity index (χ3v) is 5.79. The molecule has 2 aromatic heterocycles. The van der Waals surface area contributed by atoms with Crippen LogP contribution < -0.4 is 10.1 Å². The minimum atomic E-state index is -0.804. The summed E-state index contributed by atoms with van der Waals surface area (Å²) in [5, 5.41) is 18.8. The summed E-state index contributed by atoms with van der Waals surface area (Å²) in [4.78, 5) is 6.49. The van der Waals surface area contributed by atoms with Crippen molar-refractivity contribution in [3.63, 3.8) is 0 Å². The lowest BCUT2D eigenvalue weighted by molar-refractivity contribution is 0.285. The third-order valence-electron chi connectivity index (χ3n) is 4.85. The van der Waals surface area contributed by atoms with E-state index in [1.54, 1.807) is 17.9 Å².